The second-order valence-electron chi connectivity index (χ2n) is 7.24. The molecule has 2 aromatic rings. The summed E-state index contributed by atoms with van der Waals surface area (Å²) >= 11 is 0. The molecule has 4 heteroatoms. The van der Waals surface area contributed by atoms with E-state index in [1.807, 2.05) is 53.0 Å². The van der Waals surface area contributed by atoms with Crippen LogP contribution in [0.1, 0.15) is 35.2 Å². The Balaban J connectivity index is 1.62. The maximum absolute atomic E-state index is 13.2. The van der Waals surface area contributed by atoms with Crippen molar-refractivity contribution in [2.45, 2.75) is 26.2 Å². The van der Waals surface area contributed by atoms with Gasteiger partial charge in [-0.1, -0.05) is 11.6 Å². The van der Waals surface area contributed by atoms with Crippen LogP contribution < -0.4 is 0 Å². The van der Waals surface area contributed by atoms with E-state index in [0.717, 1.165) is 56.0 Å². The molecular formula is C20H24N2O2. The van der Waals surface area contributed by atoms with Gasteiger partial charge in [-0.15, -0.1) is 0 Å². The molecule has 0 bridgehead atoms. The average molecular weight is 324 g/mol. The van der Waals surface area contributed by atoms with Crippen molar-refractivity contribution in [3.05, 3.63) is 53.9 Å². The van der Waals surface area contributed by atoms with Crippen molar-refractivity contribution in [2.75, 3.05) is 26.3 Å². The van der Waals surface area contributed by atoms with Crippen LogP contribution in [0.5, 0.6) is 0 Å². The topological polar surface area (TPSA) is 34.5 Å². The molecule has 1 aromatic carbocycles. The van der Waals surface area contributed by atoms with Gasteiger partial charge in [0.1, 0.15) is 0 Å². The molecule has 2 aliphatic rings. The maximum Gasteiger partial charge on any atom is 0.256 e. The lowest BCUT2D eigenvalue weighted by Gasteiger charge is -2.33. The molecule has 0 radical (unpaired) electrons. The smallest absolute Gasteiger partial charge is 0.256 e. The van der Waals surface area contributed by atoms with Gasteiger partial charge < -0.3 is 14.2 Å². The number of benzene rings is 1. The molecule has 24 heavy (non-hydrogen) atoms. The Morgan fingerprint density at radius 1 is 1.21 bits per heavy atom. The van der Waals surface area contributed by atoms with Gasteiger partial charge in [-0.25, -0.2) is 0 Å². The number of hydrogen-bond donors (Lipinski definition) is 0. The van der Waals surface area contributed by atoms with Gasteiger partial charge in [0.15, 0.2) is 0 Å². The third-order valence-corrected chi connectivity index (χ3v) is 5.39. The summed E-state index contributed by atoms with van der Waals surface area (Å²) in [7, 11) is 0. The maximum atomic E-state index is 13.2. The van der Waals surface area contributed by atoms with Crippen LogP contribution in [0.3, 0.4) is 0 Å². The SMILES string of the molecule is Cc1ccc(-n2cccc2)c(C(=O)N2CCC3(CCCOC3)C2)c1. The standard InChI is InChI=1S/C20H24N2O2/c1-16-5-6-18(21-9-2-3-10-21)17(13-16)19(23)22-11-8-20(14-22)7-4-12-24-15-20/h2-3,5-6,9-10,13H,4,7-8,11-12,14-15H2,1H3. The molecule has 1 spiro atoms. The molecule has 1 amide bonds. The molecule has 2 aliphatic heterocycles. The number of carbonyl (C=O) groups excluding carboxylic acids is 1. The van der Waals surface area contributed by atoms with Crippen molar-refractivity contribution in [3.8, 4) is 5.69 Å². The summed E-state index contributed by atoms with van der Waals surface area (Å²) in [6.45, 7) is 5.36. The second-order valence-corrected chi connectivity index (χ2v) is 7.24. The molecule has 1 aromatic heterocycles. The Morgan fingerprint density at radius 2 is 2.04 bits per heavy atom. The number of aromatic nitrogens is 1. The van der Waals surface area contributed by atoms with Crippen LogP contribution in [0.15, 0.2) is 42.7 Å². The molecule has 1 atom stereocenters. The normalized spacial score (nSPS) is 23.8. The highest BCUT2D eigenvalue weighted by molar-refractivity contribution is 5.98. The van der Waals surface area contributed by atoms with E-state index in [-0.39, 0.29) is 11.3 Å². The average Bonchev–Trinajstić information content (AvgIpc) is 3.26. The van der Waals surface area contributed by atoms with Crippen molar-refractivity contribution >= 4 is 5.91 Å². The summed E-state index contributed by atoms with van der Waals surface area (Å²) in [6.07, 6.45) is 7.32. The van der Waals surface area contributed by atoms with Crippen molar-refractivity contribution in [1.29, 1.82) is 0 Å². The summed E-state index contributed by atoms with van der Waals surface area (Å²) < 4.78 is 7.72. The first-order valence-electron chi connectivity index (χ1n) is 8.78. The van der Waals surface area contributed by atoms with Gasteiger partial charge in [-0.2, -0.15) is 0 Å². The highest BCUT2D eigenvalue weighted by Gasteiger charge is 2.41. The summed E-state index contributed by atoms with van der Waals surface area (Å²) in [5.41, 5.74) is 3.05. The van der Waals surface area contributed by atoms with Gasteiger partial charge >= 0.3 is 0 Å². The lowest BCUT2D eigenvalue weighted by Crippen LogP contribution is -2.37. The van der Waals surface area contributed by atoms with Crippen molar-refractivity contribution in [2.24, 2.45) is 5.41 Å². The van der Waals surface area contributed by atoms with Crippen molar-refractivity contribution < 1.29 is 9.53 Å². The molecule has 2 saturated heterocycles. The number of carbonyl (C=O) groups is 1. The minimum absolute atomic E-state index is 0.143. The first-order chi connectivity index (χ1) is 11.7. The molecule has 0 aliphatic carbocycles. The van der Waals surface area contributed by atoms with Crippen LogP contribution in [0.25, 0.3) is 5.69 Å². The van der Waals surface area contributed by atoms with Crippen LogP contribution in [-0.2, 0) is 4.74 Å². The highest BCUT2D eigenvalue weighted by atomic mass is 16.5. The number of aryl methyl sites for hydroxylation is 1. The Morgan fingerprint density at radius 3 is 2.79 bits per heavy atom. The monoisotopic (exact) mass is 324 g/mol. The Hall–Kier alpha value is -2.07. The minimum atomic E-state index is 0.143. The predicted molar refractivity (Wildman–Crippen MR) is 93.5 cm³/mol. The summed E-state index contributed by atoms with van der Waals surface area (Å²) in [4.78, 5) is 15.2. The Bertz CT molecular complexity index is 730. The number of likely N-dealkylation sites (tertiary alicyclic amines) is 1. The van der Waals surface area contributed by atoms with Crippen molar-refractivity contribution in [3.63, 3.8) is 0 Å². The highest BCUT2D eigenvalue weighted by Crippen LogP contribution is 2.38. The van der Waals surface area contributed by atoms with Gasteiger partial charge in [-0.05, 0) is 50.5 Å². The van der Waals surface area contributed by atoms with Crippen LogP contribution in [0.2, 0.25) is 0 Å². The van der Waals surface area contributed by atoms with Crippen LogP contribution in [0.4, 0.5) is 0 Å². The zero-order chi connectivity index (χ0) is 16.6. The summed E-state index contributed by atoms with van der Waals surface area (Å²) in [6, 6.07) is 10.1. The molecule has 2 fully saturated rings. The first-order valence-corrected chi connectivity index (χ1v) is 8.78. The zero-order valence-electron chi connectivity index (χ0n) is 14.2. The molecule has 0 saturated carbocycles. The zero-order valence-corrected chi connectivity index (χ0v) is 14.2. The summed E-state index contributed by atoms with van der Waals surface area (Å²) in [5, 5.41) is 0. The van der Waals surface area contributed by atoms with E-state index < -0.39 is 0 Å². The fraction of sp³-hybridized carbons (Fsp3) is 0.450. The number of rotatable bonds is 2. The molecule has 0 N–H and O–H groups in total. The molecule has 3 heterocycles. The van der Waals surface area contributed by atoms with E-state index in [9.17, 15) is 4.79 Å². The van der Waals surface area contributed by atoms with Gasteiger partial charge in [0, 0.05) is 37.5 Å². The summed E-state index contributed by atoms with van der Waals surface area (Å²) in [5.74, 6) is 0.143. The predicted octanol–water partition coefficient (Wildman–Crippen LogP) is 3.43. The Kier molecular flexibility index (Phi) is 3.93. The Labute approximate surface area is 143 Å². The first kappa shape index (κ1) is 15.5. The fourth-order valence-electron chi connectivity index (χ4n) is 4.05. The third-order valence-electron chi connectivity index (χ3n) is 5.39. The van der Waals surface area contributed by atoms with Crippen LogP contribution >= 0.6 is 0 Å². The number of hydrogen-bond acceptors (Lipinski definition) is 2. The quantitative estimate of drug-likeness (QED) is 0.848. The van der Waals surface area contributed by atoms with Gasteiger partial charge in [0.2, 0.25) is 0 Å². The van der Waals surface area contributed by atoms with Crippen LogP contribution in [-0.4, -0.2) is 41.7 Å². The molecule has 126 valence electrons. The van der Waals surface area contributed by atoms with E-state index in [2.05, 4.69) is 6.07 Å². The lowest BCUT2D eigenvalue weighted by molar-refractivity contribution is -0.00160. The lowest BCUT2D eigenvalue weighted by atomic mass is 9.82. The largest absolute Gasteiger partial charge is 0.381 e. The van der Waals surface area contributed by atoms with E-state index in [1.165, 1.54) is 6.42 Å². The van der Waals surface area contributed by atoms with E-state index >= 15 is 0 Å². The van der Waals surface area contributed by atoms with Crippen LogP contribution in [0, 0.1) is 12.3 Å². The van der Waals surface area contributed by atoms with E-state index in [0.29, 0.717) is 0 Å². The van der Waals surface area contributed by atoms with E-state index in [4.69, 9.17) is 4.74 Å². The van der Waals surface area contributed by atoms with Gasteiger partial charge in [0.05, 0.1) is 17.9 Å². The fourth-order valence-corrected chi connectivity index (χ4v) is 4.05. The minimum Gasteiger partial charge on any atom is -0.381 e. The number of nitrogens with zero attached hydrogens (tertiary/aromatic N) is 2. The molecule has 1 unspecified atom stereocenters. The molecular weight excluding hydrogens is 300 g/mol. The van der Waals surface area contributed by atoms with Gasteiger partial charge in [-0.3, -0.25) is 4.79 Å². The second kappa shape index (κ2) is 6.10. The molecule has 4 rings (SSSR count). The number of ether oxygens (including phenoxy) is 1. The van der Waals surface area contributed by atoms with E-state index in [1.54, 1.807) is 0 Å². The molecule has 4 nitrogen and oxygen atoms in total. The van der Waals surface area contributed by atoms with Gasteiger partial charge in [0.25, 0.3) is 5.91 Å². The number of amides is 1. The third kappa shape index (κ3) is 2.75. The van der Waals surface area contributed by atoms with Crippen molar-refractivity contribution in [1.82, 2.24) is 9.47 Å².